The Morgan fingerprint density at radius 3 is 1.70 bits per heavy atom. The fraction of sp³-hybridized carbons (Fsp3) is 0.349. The van der Waals surface area contributed by atoms with Crippen molar-refractivity contribution >= 4 is 56.1 Å². The lowest BCUT2D eigenvalue weighted by Crippen LogP contribution is -2.48. The van der Waals surface area contributed by atoms with Crippen molar-refractivity contribution in [2.45, 2.75) is 96.3 Å². The fourth-order valence-electron chi connectivity index (χ4n) is 6.53. The van der Waals surface area contributed by atoms with Gasteiger partial charge in [0, 0.05) is 57.6 Å². The number of furan rings is 1. The van der Waals surface area contributed by atoms with Crippen LogP contribution in [0, 0.1) is 12.1 Å². The quantitative estimate of drug-likeness (QED) is 0.159. The molecule has 0 aliphatic heterocycles. The summed E-state index contributed by atoms with van der Waals surface area (Å²) in [6, 6.07) is 23.7. The molecule has 276 valence electrons. The van der Waals surface area contributed by atoms with Crippen LogP contribution in [0.4, 0.5) is 26.3 Å². The topological polar surface area (TPSA) is 13.1 Å². The molecule has 0 spiro atoms. The molecule has 1 aliphatic rings. The number of thiophene rings is 3. The molecular weight excluding hydrogens is 743 g/mol. The number of hydrogen-bond donors (Lipinski definition) is 0. The molecule has 0 fully saturated rings. The minimum absolute atomic E-state index is 0.0300. The van der Waals surface area contributed by atoms with Gasteiger partial charge in [-0.15, -0.1) is 34.0 Å². The molecule has 7 rings (SSSR count). The van der Waals surface area contributed by atoms with E-state index in [-0.39, 0.29) is 49.0 Å². The number of benzene rings is 2. The summed E-state index contributed by atoms with van der Waals surface area (Å²) in [5, 5.41) is -0.0458. The molecule has 0 unspecified atom stereocenters. The SMILES string of the molecule is CC(C)(C)c1ccc(-c2oc3c[c][c]cc3c2C2=C(c3cc(-c4ccc(C(C)(C)C)s4)sc3-c3ccc(C(C)(C)C)s3)C(F)(F)C(F)(F)C2(F)F)cc1. The van der Waals surface area contributed by atoms with Gasteiger partial charge in [0.05, 0.1) is 4.88 Å². The number of allylic oxidation sites excluding steroid dienone is 2. The third kappa shape index (κ3) is 6.04. The van der Waals surface area contributed by atoms with Gasteiger partial charge in [-0.05, 0) is 76.4 Å². The van der Waals surface area contributed by atoms with E-state index >= 15 is 26.3 Å². The van der Waals surface area contributed by atoms with Gasteiger partial charge in [-0.25, -0.2) is 0 Å². The predicted octanol–water partition coefficient (Wildman–Crippen LogP) is 14.9. The summed E-state index contributed by atoms with van der Waals surface area (Å²) in [4.78, 5) is 3.93. The summed E-state index contributed by atoms with van der Waals surface area (Å²) in [6.45, 7) is 18.2. The van der Waals surface area contributed by atoms with Crippen LogP contribution in [0.3, 0.4) is 0 Å². The highest BCUT2D eigenvalue weighted by Gasteiger charge is 2.80. The molecule has 6 aromatic rings. The Morgan fingerprint density at radius 2 is 1.13 bits per heavy atom. The third-order valence-electron chi connectivity index (χ3n) is 9.57. The number of halogens is 6. The molecule has 53 heavy (non-hydrogen) atoms. The zero-order valence-electron chi connectivity index (χ0n) is 30.8. The lowest BCUT2D eigenvalue weighted by Gasteiger charge is -2.26. The minimum atomic E-state index is -5.76. The zero-order chi connectivity index (χ0) is 38.7. The standard InChI is InChI=1S/C43H38F6OS3/c1-38(2,3)24-16-14-23(15-17-24)36-33(25-12-10-11-13-27(25)50-36)35-34(41(44,45)43(48,49)42(35,46)47)26-22-30(28-18-20-31(51-28)39(4,5)6)53-37(26)29-19-21-32(52-29)40(7,8)9/h12-22H,1-9H3. The number of fused-ring (bicyclic) bond motifs is 1. The summed E-state index contributed by atoms with van der Waals surface area (Å²) in [5.41, 5.74) is -3.28. The van der Waals surface area contributed by atoms with E-state index < -0.39 is 34.5 Å². The van der Waals surface area contributed by atoms with E-state index in [1.54, 1.807) is 30.3 Å². The van der Waals surface area contributed by atoms with Crippen LogP contribution in [0.2, 0.25) is 0 Å². The molecule has 0 atom stereocenters. The van der Waals surface area contributed by atoms with E-state index in [9.17, 15) is 0 Å². The lowest BCUT2D eigenvalue weighted by atomic mass is 9.86. The first kappa shape index (κ1) is 37.7. The minimum Gasteiger partial charge on any atom is -0.455 e. The molecule has 1 nitrogen and oxygen atoms in total. The van der Waals surface area contributed by atoms with E-state index in [1.807, 2.05) is 80.5 Å². The highest BCUT2D eigenvalue weighted by atomic mass is 32.1. The Labute approximate surface area is 318 Å². The van der Waals surface area contributed by atoms with Crippen molar-refractivity contribution in [3.63, 3.8) is 0 Å². The highest BCUT2D eigenvalue weighted by molar-refractivity contribution is 7.26. The van der Waals surface area contributed by atoms with E-state index in [1.165, 1.54) is 40.9 Å². The molecule has 0 bridgehead atoms. The average Bonchev–Trinajstić information content (AvgIpc) is 3.87. The van der Waals surface area contributed by atoms with Crippen molar-refractivity contribution in [2.24, 2.45) is 0 Å². The van der Waals surface area contributed by atoms with Crippen molar-refractivity contribution in [1.82, 2.24) is 0 Å². The Morgan fingerprint density at radius 1 is 0.585 bits per heavy atom. The van der Waals surface area contributed by atoms with Gasteiger partial charge in [0.15, 0.2) is 0 Å². The second-order valence-corrected chi connectivity index (χ2v) is 19.9. The molecule has 0 N–H and O–H groups in total. The molecule has 10 heteroatoms. The molecule has 0 amide bonds. The smallest absolute Gasteiger partial charge is 0.380 e. The normalized spacial score (nSPS) is 17.3. The van der Waals surface area contributed by atoms with Gasteiger partial charge in [-0.3, -0.25) is 0 Å². The van der Waals surface area contributed by atoms with Crippen LogP contribution in [-0.2, 0) is 16.2 Å². The van der Waals surface area contributed by atoms with Crippen LogP contribution in [0.5, 0.6) is 0 Å². The molecular formula is C43H38F6OS3. The van der Waals surface area contributed by atoms with Gasteiger partial charge in [0.1, 0.15) is 11.3 Å². The van der Waals surface area contributed by atoms with E-state index in [0.29, 0.717) is 9.75 Å². The summed E-state index contributed by atoms with van der Waals surface area (Å²) in [6.07, 6.45) is 0. The zero-order valence-corrected chi connectivity index (χ0v) is 33.2. The summed E-state index contributed by atoms with van der Waals surface area (Å²) in [7, 11) is 0. The van der Waals surface area contributed by atoms with Crippen LogP contribution in [0.25, 0.3) is 52.9 Å². The highest BCUT2D eigenvalue weighted by Crippen LogP contribution is 2.67. The van der Waals surface area contributed by atoms with E-state index in [4.69, 9.17) is 4.42 Å². The Hall–Kier alpha value is -3.60. The first-order valence-corrected chi connectivity index (χ1v) is 19.6. The molecule has 0 saturated carbocycles. The van der Waals surface area contributed by atoms with Crippen molar-refractivity contribution in [1.29, 1.82) is 0 Å². The van der Waals surface area contributed by atoms with Crippen LogP contribution in [0.15, 0.2) is 71.1 Å². The van der Waals surface area contributed by atoms with Crippen LogP contribution < -0.4 is 0 Å². The summed E-state index contributed by atoms with van der Waals surface area (Å²) >= 11 is 3.93. The Bertz CT molecular complexity index is 2380. The molecule has 4 heterocycles. The molecule has 2 radical (unpaired) electrons. The van der Waals surface area contributed by atoms with Gasteiger partial charge >= 0.3 is 17.8 Å². The second kappa shape index (κ2) is 12.2. The third-order valence-corrected chi connectivity index (χ3v) is 14.1. The Balaban J connectivity index is 1.58. The number of alkyl halides is 6. The second-order valence-electron chi connectivity index (χ2n) is 16.6. The fourth-order valence-corrected chi connectivity index (χ4v) is 10.0. The van der Waals surface area contributed by atoms with Crippen LogP contribution in [-0.4, -0.2) is 17.8 Å². The monoisotopic (exact) mass is 780 g/mol. The number of hydrogen-bond acceptors (Lipinski definition) is 4. The van der Waals surface area contributed by atoms with Crippen molar-refractivity contribution in [2.75, 3.05) is 0 Å². The summed E-state index contributed by atoms with van der Waals surface area (Å²) < 4.78 is 105. The van der Waals surface area contributed by atoms with Crippen LogP contribution >= 0.6 is 34.0 Å². The maximum absolute atomic E-state index is 16.7. The lowest BCUT2D eigenvalue weighted by molar-refractivity contribution is -0.254. The Kier molecular flexibility index (Phi) is 8.68. The van der Waals surface area contributed by atoms with Crippen molar-refractivity contribution in [3.05, 3.63) is 105 Å². The molecule has 2 aromatic carbocycles. The number of rotatable bonds is 5. The summed E-state index contributed by atoms with van der Waals surface area (Å²) in [5.74, 6) is -16.5. The first-order chi connectivity index (χ1) is 24.4. The van der Waals surface area contributed by atoms with Crippen LogP contribution in [0.1, 0.15) is 88.8 Å². The predicted molar refractivity (Wildman–Crippen MR) is 208 cm³/mol. The van der Waals surface area contributed by atoms with Gasteiger partial charge in [0.2, 0.25) is 0 Å². The average molecular weight is 781 g/mol. The van der Waals surface area contributed by atoms with E-state index in [0.717, 1.165) is 31.5 Å². The molecule has 0 saturated heterocycles. The van der Waals surface area contributed by atoms with Gasteiger partial charge in [-0.2, -0.15) is 26.3 Å². The van der Waals surface area contributed by atoms with Gasteiger partial charge < -0.3 is 4.42 Å². The van der Waals surface area contributed by atoms with Crippen molar-refractivity contribution in [3.8, 4) is 30.8 Å². The van der Waals surface area contributed by atoms with Crippen molar-refractivity contribution < 1.29 is 30.8 Å². The maximum Gasteiger partial charge on any atom is 0.380 e. The van der Waals surface area contributed by atoms with Gasteiger partial charge in [-0.1, -0.05) is 86.6 Å². The molecule has 4 aromatic heterocycles. The van der Waals surface area contributed by atoms with Gasteiger partial charge in [0.25, 0.3) is 0 Å². The maximum atomic E-state index is 16.7. The van der Waals surface area contributed by atoms with E-state index in [2.05, 4.69) is 12.1 Å². The molecule has 1 aliphatic carbocycles. The largest absolute Gasteiger partial charge is 0.455 e. The first-order valence-electron chi connectivity index (χ1n) is 17.1.